The summed E-state index contributed by atoms with van der Waals surface area (Å²) in [7, 11) is -2.23. The van der Waals surface area contributed by atoms with Crippen molar-refractivity contribution in [1.29, 1.82) is 5.26 Å². The Labute approximate surface area is 119 Å². The van der Waals surface area contributed by atoms with E-state index in [0.717, 1.165) is 0 Å². The third kappa shape index (κ3) is 3.93. The van der Waals surface area contributed by atoms with E-state index in [0.29, 0.717) is 5.56 Å². The molecular formula is C13H19N3O3S. The maximum atomic E-state index is 12.3. The Balaban J connectivity index is 3.08. The van der Waals surface area contributed by atoms with Crippen LogP contribution in [0.25, 0.3) is 0 Å². The molecule has 1 rings (SSSR count). The van der Waals surface area contributed by atoms with E-state index in [1.807, 2.05) is 19.9 Å². The van der Waals surface area contributed by atoms with Gasteiger partial charge in [-0.05, 0) is 24.1 Å². The topological polar surface area (TPSA) is 105 Å². The third-order valence-electron chi connectivity index (χ3n) is 2.89. The largest absolute Gasteiger partial charge is 0.398 e. The first kappa shape index (κ1) is 16.4. The molecule has 0 aromatic heterocycles. The van der Waals surface area contributed by atoms with Gasteiger partial charge in [0.1, 0.15) is 4.90 Å². The van der Waals surface area contributed by atoms with Crippen molar-refractivity contribution in [2.24, 2.45) is 5.92 Å². The molecule has 0 aliphatic heterocycles. The SMILES string of the molecule is COCC(NS(=O)(=O)c1ccc(C#N)cc1N)C(C)C. The fourth-order valence-corrected chi connectivity index (χ4v) is 3.15. The summed E-state index contributed by atoms with van der Waals surface area (Å²) in [5.41, 5.74) is 6.08. The highest BCUT2D eigenvalue weighted by atomic mass is 32.2. The van der Waals surface area contributed by atoms with Gasteiger partial charge in [-0.2, -0.15) is 5.26 Å². The minimum atomic E-state index is -3.75. The van der Waals surface area contributed by atoms with Crippen molar-refractivity contribution < 1.29 is 13.2 Å². The Morgan fingerprint density at radius 2 is 2.10 bits per heavy atom. The molecule has 3 N–H and O–H groups in total. The molecule has 1 atom stereocenters. The number of sulfonamides is 1. The molecule has 0 heterocycles. The number of nitriles is 1. The van der Waals surface area contributed by atoms with Crippen LogP contribution in [0, 0.1) is 17.2 Å². The zero-order valence-electron chi connectivity index (χ0n) is 11.8. The van der Waals surface area contributed by atoms with Crippen molar-refractivity contribution in [3.63, 3.8) is 0 Å². The summed E-state index contributed by atoms with van der Waals surface area (Å²) in [5.74, 6) is 0.0735. The predicted molar refractivity (Wildman–Crippen MR) is 76.4 cm³/mol. The number of nitrogens with two attached hydrogens (primary N) is 1. The van der Waals surface area contributed by atoms with E-state index < -0.39 is 10.0 Å². The van der Waals surface area contributed by atoms with Crippen LogP contribution in [0.5, 0.6) is 0 Å². The number of ether oxygens (including phenoxy) is 1. The molecule has 0 saturated heterocycles. The number of methoxy groups -OCH3 is 1. The van der Waals surface area contributed by atoms with Crippen molar-refractivity contribution in [1.82, 2.24) is 4.72 Å². The number of rotatable bonds is 6. The van der Waals surface area contributed by atoms with Crippen LogP contribution in [0.15, 0.2) is 23.1 Å². The van der Waals surface area contributed by atoms with Gasteiger partial charge in [-0.1, -0.05) is 13.8 Å². The molecule has 6 nitrogen and oxygen atoms in total. The van der Waals surface area contributed by atoms with Gasteiger partial charge in [0.15, 0.2) is 0 Å². The molecule has 0 radical (unpaired) electrons. The Bertz CT molecular complexity index is 606. The summed E-state index contributed by atoms with van der Waals surface area (Å²) in [6, 6.07) is 5.66. The second-order valence-electron chi connectivity index (χ2n) is 4.79. The van der Waals surface area contributed by atoms with E-state index in [9.17, 15) is 8.42 Å². The lowest BCUT2D eigenvalue weighted by molar-refractivity contribution is 0.157. The maximum Gasteiger partial charge on any atom is 0.242 e. The van der Waals surface area contributed by atoms with Crippen LogP contribution in [-0.4, -0.2) is 28.2 Å². The number of benzene rings is 1. The van der Waals surface area contributed by atoms with E-state index in [2.05, 4.69) is 4.72 Å². The minimum Gasteiger partial charge on any atom is -0.398 e. The van der Waals surface area contributed by atoms with Gasteiger partial charge in [0.2, 0.25) is 10.0 Å². The molecule has 110 valence electrons. The predicted octanol–water partition coefficient (Wildman–Crippen LogP) is 1.09. The lowest BCUT2D eigenvalue weighted by atomic mass is 10.1. The molecule has 0 spiro atoms. The first-order valence-corrected chi connectivity index (χ1v) is 7.61. The molecule has 1 aromatic carbocycles. The summed E-state index contributed by atoms with van der Waals surface area (Å²) in [6.07, 6.45) is 0. The van der Waals surface area contributed by atoms with Crippen LogP contribution in [0.4, 0.5) is 5.69 Å². The highest BCUT2D eigenvalue weighted by Gasteiger charge is 2.24. The molecule has 20 heavy (non-hydrogen) atoms. The first-order chi connectivity index (χ1) is 9.31. The molecule has 7 heteroatoms. The van der Waals surface area contributed by atoms with Crippen LogP contribution < -0.4 is 10.5 Å². The minimum absolute atomic E-state index is 0.0294. The van der Waals surface area contributed by atoms with Crippen LogP contribution in [0.3, 0.4) is 0 Å². The van der Waals surface area contributed by atoms with Crippen molar-refractivity contribution in [2.45, 2.75) is 24.8 Å². The normalized spacial score (nSPS) is 13.2. The molecule has 0 bridgehead atoms. The number of nitrogens with zero attached hydrogens (tertiary/aromatic N) is 1. The van der Waals surface area contributed by atoms with E-state index in [1.54, 1.807) is 0 Å². The number of hydrogen-bond acceptors (Lipinski definition) is 5. The molecule has 1 unspecified atom stereocenters. The van der Waals surface area contributed by atoms with Gasteiger partial charge < -0.3 is 10.5 Å². The lowest BCUT2D eigenvalue weighted by Crippen LogP contribution is -2.41. The molecule has 0 aliphatic carbocycles. The smallest absolute Gasteiger partial charge is 0.242 e. The zero-order chi connectivity index (χ0) is 15.3. The summed E-state index contributed by atoms with van der Waals surface area (Å²) in [5, 5.41) is 8.76. The van der Waals surface area contributed by atoms with Crippen LogP contribution in [0.1, 0.15) is 19.4 Å². The molecule has 0 amide bonds. The van der Waals surface area contributed by atoms with Gasteiger partial charge in [0, 0.05) is 13.2 Å². The summed E-state index contributed by atoms with van der Waals surface area (Å²) >= 11 is 0. The van der Waals surface area contributed by atoms with E-state index in [4.69, 9.17) is 15.7 Å². The standard InChI is InChI=1S/C13H19N3O3S/c1-9(2)12(8-19-3)16-20(17,18)13-5-4-10(7-14)6-11(13)15/h4-6,9,12,16H,8,15H2,1-3H3. The van der Waals surface area contributed by atoms with Crippen LogP contribution >= 0.6 is 0 Å². The Morgan fingerprint density at radius 3 is 2.55 bits per heavy atom. The molecule has 0 fully saturated rings. The van der Waals surface area contributed by atoms with E-state index in [-0.39, 0.29) is 29.1 Å². The number of nitrogens with one attached hydrogen (secondary N) is 1. The lowest BCUT2D eigenvalue weighted by Gasteiger charge is -2.21. The average Bonchev–Trinajstić information content (AvgIpc) is 2.37. The third-order valence-corrected chi connectivity index (χ3v) is 4.45. The van der Waals surface area contributed by atoms with Crippen LogP contribution in [-0.2, 0) is 14.8 Å². The zero-order valence-corrected chi connectivity index (χ0v) is 12.6. The molecule has 0 saturated carbocycles. The quantitative estimate of drug-likeness (QED) is 0.765. The van der Waals surface area contributed by atoms with Gasteiger partial charge >= 0.3 is 0 Å². The summed E-state index contributed by atoms with van der Waals surface area (Å²) in [6.45, 7) is 4.07. The van der Waals surface area contributed by atoms with Crippen molar-refractivity contribution >= 4 is 15.7 Å². The average molecular weight is 297 g/mol. The van der Waals surface area contributed by atoms with Gasteiger partial charge in [0.05, 0.1) is 23.9 Å². The van der Waals surface area contributed by atoms with Gasteiger partial charge in [-0.15, -0.1) is 0 Å². The Kier molecular flexibility index (Phi) is 5.51. The molecule has 1 aromatic rings. The fourth-order valence-electron chi connectivity index (χ4n) is 1.67. The van der Waals surface area contributed by atoms with Crippen LogP contribution in [0.2, 0.25) is 0 Å². The molecular weight excluding hydrogens is 278 g/mol. The summed E-state index contributed by atoms with van der Waals surface area (Å²) in [4.78, 5) is -0.0294. The van der Waals surface area contributed by atoms with Gasteiger partial charge in [-0.25, -0.2) is 13.1 Å². The highest BCUT2D eigenvalue weighted by molar-refractivity contribution is 7.89. The number of anilines is 1. The number of hydrogen-bond donors (Lipinski definition) is 2. The first-order valence-electron chi connectivity index (χ1n) is 6.12. The van der Waals surface area contributed by atoms with Crippen molar-refractivity contribution in [3.8, 4) is 6.07 Å². The second-order valence-corrected chi connectivity index (χ2v) is 6.47. The fraction of sp³-hybridized carbons (Fsp3) is 0.462. The summed E-state index contributed by atoms with van der Waals surface area (Å²) < 4.78 is 32.2. The van der Waals surface area contributed by atoms with Gasteiger partial charge in [0.25, 0.3) is 0 Å². The molecule has 0 aliphatic rings. The Hall–Kier alpha value is -1.62. The van der Waals surface area contributed by atoms with Gasteiger partial charge in [-0.3, -0.25) is 0 Å². The Morgan fingerprint density at radius 1 is 1.45 bits per heavy atom. The van der Waals surface area contributed by atoms with Crippen molar-refractivity contribution in [3.05, 3.63) is 23.8 Å². The van der Waals surface area contributed by atoms with E-state index in [1.165, 1.54) is 25.3 Å². The second kappa shape index (κ2) is 6.70. The van der Waals surface area contributed by atoms with E-state index >= 15 is 0 Å². The highest BCUT2D eigenvalue weighted by Crippen LogP contribution is 2.20. The maximum absolute atomic E-state index is 12.3. The number of nitrogen functional groups attached to an aromatic ring is 1. The monoisotopic (exact) mass is 297 g/mol. The van der Waals surface area contributed by atoms with Crippen molar-refractivity contribution in [2.75, 3.05) is 19.5 Å².